The molecule has 0 fully saturated rings. The van der Waals surface area contributed by atoms with Gasteiger partial charge in [0, 0.05) is 18.8 Å². The highest BCUT2D eigenvalue weighted by atomic mass is 35.5. The number of hydrogen-bond acceptors (Lipinski definition) is 7. The monoisotopic (exact) mass is 449 g/mol. The second-order valence-corrected chi connectivity index (χ2v) is 7.66. The summed E-state index contributed by atoms with van der Waals surface area (Å²) >= 11 is 6.28. The zero-order valence-electron chi connectivity index (χ0n) is 17.3. The number of anilines is 2. The summed E-state index contributed by atoms with van der Waals surface area (Å²) in [5.74, 6) is 1.20. The van der Waals surface area contributed by atoms with Crippen molar-refractivity contribution in [3.8, 4) is 5.69 Å². The van der Waals surface area contributed by atoms with E-state index >= 15 is 0 Å². The number of hydrogen-bond donors (Lipinski definition) is 1. The minimum atomic E-state index is -0.251. The summed E-state index contributed by atoms with van der Waals surface area (Å²) in [6.07, 6.45) is 4.15. The molecule has 0 atom stereocenters. The van der Waals surface area contributed by atoms with Gasteiger partial charge in [-0.3, -0.25) is 9.36 Å². The SMILES string of the molecule is CCCN(Cc1nn2ccc(Cl)c2c(=O)n1-c1ccccc1)c1nc(N)nc2ccnn12. The van der Waals surface area contributed by atoms with Gasteiger partial charge < -0.3 is 10.6 Å². The molecule has 0 amide bonds. The predicted molar refractivity (Wildman–Crippen MR) is 122 cm³/mol. The molecule has 0 aliphatic heterocycles. The van der Waals surface area contributed by atoms with E-state index in [0.29, 0.717) is 40.2 Å². The molecule has 162 valence electrons. The van der Waals surface area contributed by atoms with Gasteiger partial charge in [-0.2, -0.15) is 24.7 Å². The normalized spacial score (nSPS) is 11.4. The Balaban J connectivity index is 1.71. The van der Waals surface area contributed by atoms with Crippen molar-refractivity contribution in [1.82, 2.24) is 33.8 Å². The second kappa shape index (κ2) is 7.97. The number of nitrogens with two attached hydrogens (primary N) is 1. The molecular weight excluding hydrogens is 430 g/mol. The van der Waals surface area contributed by atoms with E-state index in [1.807, 2.05) is 35.2 Å². The molecule has 1 aromatic carbocycles. The number of benzene rings is 1. The second-order valence-electron chi connectivity index (χ2n) is 7.25. The van der Waals surface area contributed by atoms with E-state index in [1.54, 1.807) is 33.6 Å². The third kappa shape index (κ3) is 3.34. The number of aromatic nitrogens is 7. The van der Waals surface area contributed by atoms with Crippen LogP contribution in [0.3, 0.4) is 0 Å². The molecule has 0 unspecified atom stereocenters. The standard InChI is InChI=1S/C21H20ClN9O/c1-2-11-28(21-26-20(23)25-16-8-10-24-31(16)21)13-17-27-29-12-9-15(22)18(29)19(32)30(17)14-6-4-3-5-7-14/h3-10,12H,2,11,13H2,1H3,(H2,23,25). The molecule has 2 N–H and O–H groups in total. The van der Waals surface area contributed by atoms with Crippen molar-refractivity contribution in [2.45, 2.75) is 19.9 Å². The summed E-state index contributed by atoms with van der Waals surface area (Å²) in [5, 5.41) is 9.41. The van der Waals surface area contributed by atoms with Crippen molar-refractivity contribution in [3.05, 3.63) is 76.1 Å². The molecular formula is C21H20ClN9O. The number of halogens is 1. The number of nitrogen functional groups attached to an aromatic ring is 1. The maximum Gasteiger partial charge on any atom is 0.284 e. The molecule has 0 aliphatic rings. The van der Waals surface area contributed by atoms with Crippen LogP contribution in [0.1, 0.15) is 19.2 Å². The van der Waals surface area contributed by atoms with Gasteiger partial charge >= 0.3 is 0 Å². The van der Waals surface area contributed by atoms with Crippen LogP contribution in [0.15, 0.2) is 59.7 Å². The van der Waals surface area contributed by atoms with Gasteiger partial charge in [0.25, 0.3) is 5.56 Å². The van der Waals surface area contributed by atoms with Crippen LogP contribution >= 0.6 is 11.6 Å². The zero-order chi connectivity index (χ0) is 22.2. The molecule has 11 heteroatoms. The first-order chi connectivity index (χ1) is 15.6. The molecule has 32 heavy (non-hydrogen) atoms. The van der Waals surface area contributed by atoms with Crippen molar-refractivity contribution in [2.75, 3.05) is 17.2 Å². The van der Waals surface area contributed by atoms with Crippen LogP contribution in [0.5, 0.6) is 0 Å². The van der Waals surface area contributed by atoms with Gasteiger partial charge in [-0.25, -0.2) is 4.52 Å². The lowest BCUT2D eigenvalue weighted by atomic mass is 10.3. The highest BCUT2D eigenvalue weighted by Crippen LogP contribution is 2.20. The Bertz CT molecular complexity index is 1470. The van der Waals surface area contributed by atoms with Gasteiger partial charge in [-0.1, -0.05) is 36.7 Å². The van der Waals surface area contributed by atoms with Gasteiger partial charge in [-0.05, 0) is 24.6 Å². The Morgan fingerprint density at radius 2 is 1.94 bits per heavy atom. The summed E-state index contributed by atoms with van der Waals surface area (Å²) in [6.45, 7) is 2.99. The molecule has 5 rings (SSSR count). The van der Waals surface area contributed by atoms with Gasteiger partial charge in [0.2, 0.25) is 11.9 Å². The topological polar surface area (TPSA) is 112 Å². The molecule has 0 bridgehead atoms. The fourth-order valence-corrected chi connectivity index (χ4v) is 3.97. The minimum absolute atomic E-state index is 0.148. The van der Waals surface area contributed by atoms with Crippen LogP contribution in [-0.4, -0.2) is 40.3 Å². The average molecular weight is 450 g/mol. The van der Waals surface area contributed by atoms with Crippen LogP contribution in [0.4, 0.5) is 11.9 Å². The van der Waals surface area contributed by atoms with E-state index in [1.165, 1.54) is 4.52 Å². The number of rotatable bonds is 6. The maximum atomic E-state index is 13.5. The van der Waals surface area contributed by atoms with E-state index in [-0.39, 0.29) is 18.1 Å². The van der Waals surface area contributed by atoms with E-state index in [0.717, 1.165) is 6.42 Å². The third-order valence-electron chi connectivity index (χ3n) is 5.08. The van der Waals surface area contributed by atoms with E-state index in [9.17, 15) is 4.79 Å². The van der Waals surface area contributed by atoms with Crippen LogP contribution in [-0.2, 0) is 6.54 Å². The van der Waals surface area contributed by atoms with Crippen molar-refractivity contribution < 1.29 is 0 Å². The Labute approximate surface area is 187 Å². The quantitative estimate of drug-likeness (QED) is 0.424. The molecule has 5 aromatic rings. The Morgan fingerprint density at radius 3 is 2.72 bits per heavy atom. The van der Waals surface area contributed by atoms with Crippen molar-refractivity contribution in [3.63, 3.8) is 0 Å². The van der Waals surface area contributed by atoms with Crippen LogP contribution < -0.4 is 16.2 Å². The van der Waals surface area contributed by atoms with Crippen LogP contribution in [0, 0.1) is 0 Å². The number of fused-ring (bicyclic) bond motifs is 2. The lowest BCUT2D eigenvalue weighted by Gasteiger charge is -2.24. The zero-order valence-corrected chi connectivity index (χ0v) is 18.0. The first kappa shape index (κ1) is 20.0. The fraction of sp³-hybridized carbons (Fsp3) is 0.190. The van der Waals surface area contributed by atoms with Gasteiger partial charge in [0.15, 0.2) is 11.5 Å². The van der Waals surface area contributed by atoms with Crippen molar-refractivity contribution in [1.29, 1.82) is 0 Å². The largest absolute Gasteiger partial charge is 0.368 e. The smallest absolute Gasteiger partial charge is 0.284 e. The lowest BCUT2D eigenvalue weighted by molar-refractivity contribution is 0.648. The first-order valence-corrected chi connectivity index (χ1v) is 10.5. The summed E-state index contributed by atoms with van der Waals surface area (Å²) < 4.78 is 4.72. The highest BCUT2D eigenvalue weighted by molar-refractivity contribution is 6.33. The molecule has 0 aliphatic carbocycles. The lowest BCUT2D eigenvalue weighted by Crippen LogP contribution is -2.33. The molecule has 4 heterocycles. The van der Waals surface area contributed by atoms with Crippen LogP contribution in [0.2, 0.25) is 5.02 Å². The fourth-order valence-electron chi connectivity index (χ4n) is 3.74. The highest BCUT2D eigenvalue weighted by Gasteiger charge is 2.21. The molecule has 10 nitrogen and oxygen atoms in total. The van der Waals surface area contributed by atoms with Gasteiger partial charge in [-0.15, -0.1) is 0 Å². The summed E-state index contributed by atoms with van der Waals surface area (Å²) in [7, 11) is 0. The van der Waals surface area contributed by atoms with Gasteiger partial charge in [0.05, 0.1) is 23.5 Å². The summed E-state index contributed by atoms with van der Waals surface area (Å²) in [6, 6.07) is 12.8. The maximum absolute atomic E-state index is 13.5. The average Bonchev–Trinajstić information content (AvgIpc) is 3.40. The molecule has 0 saturated carbocycles. The van der Waals surface area contributed by atoms with Crippen molar-refractivity contribution in [2.24, 2.45) is 0 Å². The minimum Gasteiger partial charge on any atom is -0.368 e. The third-order valence-corrected chi connectivity index (χ3v) is 5.39. The van der Waals surface area contributed by atoms with E-state index in [4.69, 9.17) is 22.4 Å². The van der Waals surface area contributed by atoms with E-state index in [2.05, 4.69) is 22.0 Å². The molecule has 0 radical (unpaired) electrons. The predicted octanol–water partition coefficient (Wildman–Crippen LogP) is 2.58. The first-order valence-electron chi connectivity index (χ1n) is 10.1. The number of para-hydroxylation sites is 1. The summed E-state index contributed by atoms with van der Waals surface area (Å²) in [4.78, 5) is 24.1. The van der Waals surface area contributed by atoms with Crippen molar-refractivity contribution >= 4 is 34.7 Å². The van der Waals surface area contributed by atoms with Gasteiger partial charge in [0.1, 0.15) is 5.52 Å². The van der Waals surface area contributed by atoms with E-state index < -0.39 is 0 Å². The summed E-state index contributed by atoms with van der Waals surface area (Å²) in [5.41, 5.74) is 7.31. The Morgan fingerprint density at radius 1 is 1.12 bits per heavy atom. The van der Waals surface area contributed by atoms with Crippen LogP contribution in [0.25, 0.3) is 16.9 Å². The number of nitrogens with zero attached hydrogens (tertiary/aromatic N) is 8. The Kier molecular flexibility index (Phi) is 4.98. The molecule has 4 aromatic heterocycles. The Hall–Kier alpha value is -3.92. The molecule has 0 saturated heterocycles. The molecule has 0 spiro atoms.